The predicted molar refractivity (Wildman–Crippen MR) is 72.0 cm³/mol. The molecule has 2 aromatic rings. The Morgan fingerprint density at radius 2 is 2.05 bits per heavy atom. The number of anilines is 2. The van der Waals surface area contributed by atoms with Crippen LogP contribution in [0.3, 0.4) is 0 Å². The molecule has 3 heterocycles. The van der Waals surface area contributed by atoms with Crippen LogP contribution in [0.5, 0.6) is 0 Å². The third kappa shape index (κ3) is 2.14. The molecule has 0 saturated heterocycles. The van der Waals surface area contributed by atoms with E-state index < -0.39 is 10.8 Å². The van der Waals surface area contributed by atoms with Crippen LogP contribution >= 0.6 is 0 Å². The second kappa shape index (κ2) is 4.54. The molecule has 1 atom stereocenters. The number of nitrogen functional groups attached to an aromatic ring is 1. The van der Waals surface area contributed by atoms with Crippen LogP contribution in [-0.4, -0.2) is 36.9 Å². The fourth-order valence-electron chi connectivity index (χ4n) is 1.98. The SMILES string of the molecule is CS(=O)c1nc2c(c(-c3cnc(N)nc3)n1)CCN2. The van der Waals surface area contributed by atoms with Gasteiger partial charge in [-0.05, 0) is 6.42 Å². The number of hydrogen-bond donors (Lipinski definition) is 2. The molecule has 0 bridgehead atoms. The van der Waals surface area contributed by atoms with E-state index in [4.69, 9.17) is 5.73 Å². The molecule has 1 aliphatic rings. The molecule has 98 valence electrons. The van der Waals surface area contributed by atoms with Crippen LogP contribution in [0.15, 0.2) is 17.6 Å². The van der Waals surface area contributed by atoms with Crippen molar-refractivity contribution in [1.29, 1.82) is 0 Å². The lowest BCUT2D eigenvalue weighted by atomic mass is 10.1. The van der Waals surface area contributed by atoms with Crippen LogP contribution in [-0.2, 0) is 17.2 Å². The van der Waals surface area contributed by atoms with Crippen LogP contribution in [0.2, 0.25) is 0 Å². The first kappa shape index (κ1) is 12.0. The van der Waals surface area contributed by atoms with Crippen LogP contribution in [0.25, 0.3) is 11.3 Å². The van der Waals surface area contributed by atoms with Gasteiger partial charge in [-0.15, -0.1) is 0 Å². The highest BCUT2D eigenvalue weighted by molar-refractivity contribution is 7.84. The Morgan fingerprint density at radius 3 is 2.74 bits per heavy atom. The summed E-state index contributed by atoms with van der Waals surface area (Å²) in [6.45, 7) is 0.798. The molecule has 1 aliphatic heterocycles. The van der Waals surface area contributed by atoms with E-state index in [9.17, 15) is 4.21 Å². The van der Waals surface area contributed by atoms with Gasteiger partial charge in [0.2, 0.25) is 11.1 Å². The zero-order chi connectivity index (χ0) is 13.4. The van der Waals surface area contributed by atoms with Crippen molar-refractivity contribution >= 4 is 22.6 Å². The van der Waals surface area contributed by atoms with Crippen molar-refractivity contribution in [3.05, 3.63) is 18.0 Å². The predicted octanol–water partition coefficient (Wildman–Crippen LogP) is 0.221. The summed E-state index contributed by atoms with van der Waals surface area (Å²) in [5, 5.41) is 3.47. The lowest BCUT2D eigenvalue weighted by Gasteiger charge is -2.08. The van der Waals surface area contributed by atoms with Crippen LogP contribution in [0.1, 0.15) is 5.56 Å². The Labute approximate surface area is 112 Å². The molecule has 0 aromatic carbocycles. The van der Waals surface area contributed by atoms with Crippen molar-refractivity contribution in [3.8, 4) is 11.3 Å². The highest BCUT2D eigenvalue weighted by Gasteiger charge is 2.21. The van der Waals surface area contributed by atoms with E-state index in [-0.39, 0.29) is 5.95 Å². The summed E-state index contributed by atoms with van der Waals surface area (Å²) in [6.07, 6.45) is 5.61. The highest BCUT2D eigenvalue weighted by Crippen LogP contribution is 2.30. The molecule has 0 spiro atoms. The molecule has 7 nitrogen and oxygen atoms in total. The van der Waals surface area contributed by atoms with Gasteiger partial charge in [-0.1, -0.05) is 0 Å². The first-order valence-corrected chi connectivity index (χ1v) is 7.27. The molecule has 0 aliphatic carbocycles. The minimum atomic E-state index is -1.24. The van der Waals surface area contributed by atoms with Crippen molar-refractivity contribution < 1.29 is 4.21 Å². The van der Waals surface area contributed by atoms with E-state index in [0.717, 1.165) is 35.6 Å². The minimum absolute atomic E-state index is 0.215. The second-order valence-corrected chi connectivity index (χ2v) is 5.42. The second-order valence-electron chi connectivity index (χ2n) is 4.14. The number of hydrogen-bond acceptors (Lipinski definition) is 7. The summed E-state index contributed by atoms with van der Waals surface area (Å²) in [7, 11) is -1.24. The number of nitrogens with zero attached hydrogens (tertiary/aromatic N) is 4. The van der Waals surface area contributed by atoms with Crippen LogP contribution in [0.4, 0.5) is 11.8 Å². The standard InChI is InChI=1S/C11H12N6OS/c1-19(18)11-16-8(6-4-14-10(12)15-5-6)7-2-3-13-9(7)17-11/h4-5H,2-3H2,1H3,(H2,12,14,15)(H,13,16,17). The van der Waals surface area contributed by atoms with Gasteiger partial charge in [-0.2, -0.15) is 0 Å². The van der Waals surface area contributed by atoms with Gasteiger partial charge in [-0.25, -0.2) is 19.9 Å². The Balaban J connectivity index is 2.19. The van der Waals surface area contributed by atoms with E-state index in [1.807, 2.05) is 0 Å². The zero-order valence-electron chi connectivity index (χ0n) is 10.3. The van der Waals surface area contributed by atoms with Gasteiger partial charge in [0.25, 0.3) is 0 Å². The Morgan fingerprint density at radius 1 is 1.32 bits per heavy atom. The van der Waals surface area contributed by atoms with Crippen molar-refractivity contribution in [3.63, 3.8) is 0 Å². The molecule has 3 N–H and O–H groups in total. The monoisotopic (exact) mass is 276 g/mol. The molecular weight excluding hydrogens is 264 g/mol. The lowest BCUT2D eigenvalue weighted by molar-refractivity contribution is 0.680. The molecule has 0 saturated carbocycles. The fraction of sp³-hybridized carbons (Fsp3) is 0.273. The van der Waals surface area contributed by atoms with E-state index in [2.05, 4.69) is 25.3 Å². The fourth-order valence-corrected chi connectivity index (χ4v) is 2.42. The van der Waals surface area contributed by atoms with Gasteiger partial charge in [0.05, 0.1) is 16.5 Å². The minimum Gasteiger partial charge on any atom is -0.369 e. The summed E-state index contributed by atoms with van der Waals surface area (Å²) in [4.78, 5) is 16.6. The maximum Gasteiger partial charge on any atom is 0.220 e. The Hall–Kier alpha value is -2.09. The third-order valence-corrected chi connectivity index (χ3v) is 3.55. The summed E-state index contributed by atoms with van der Waals surface area (Å²) < 4.78 is 11.6. The van der Waals surface area contributed by atoms with Crippen molar-refractivity contribution in [1.82, 2.24) is 19.9 Å². The molecule has 2 aromatic heterocycles. The first-order chi connectivity index (χ1) is 9.15. The average Bonchev–Trinajstić information content (AvgIpc) is 2.86. The summed E-state index contributed by atoms with van der Waals surface area (Å²) in [5.74, 6) is 0.957. The normalized spacial score (nSPS) is 14.8. The third-order valence-electron chi connectivity index (χ3n) is 2.86. The number of aromatic nitrogens is 4. The van der Waals surface area contributed by atoms with Gasteiger partial charge < -0.3 is 11.1 Å². The zero-order valence-corrected chi connectivity index (χ0v) is 11.1. The number of fused-ring (bicyclic) bond motifs is 1. The van der Waals surface area contributed by atoms with E-state index in [0.29, 0.717) is 5.16 Å². The van der Waals surface area contributed by atoms with Gasteiger partial charge in [0, 0.05) is 36.3 Å². The molecule has 8 heteroatoms. The van der Waals surface area contributed by atoms with Crippen LogP contribution in [0, 0.1) is 0 Å². The smallest absolute Gasteiger partial charge is 0.220 e. The molecule has 1 unspecified atom stereocenters. The number of nitrogens with one attached hydrogen (secondary N) is 1. The first-order valence-electron chi connectivity index (χ1n) is 5.71. The molecule has 3 rings (SSSR count). The average molecular weight is 276 g/mol. The maximum atomic E-state index is 11.6. The Bertz CT molecular complexity index is 657. The molecule has 19 heavy (non-hydrogen) atoms. The number of nitrogens with two attached hydrogens (primary N) is 1. The van der Waals surface area contributed by atoms with Gasteiger partial charge in [0.15, 0.2) is 0 Å². The molecule has 0 radical (unpaired) electrons. The Kier molecular flexibility index (Phi) is 2.86. The van der Waals surface area contributed by atoms with E-state index in [1.165, 1.54) is 0 Å². The maximum absolute atomic E-state index is 11.6. The summed E-state index contributed by atoms with van der Waals surface area (Å²) >= 11 is 0. The summed E-state index contributed by atoms with van der Waals surface area (Å²) in [5.41, 5.74) is 7.96. The largest absolute Gasteiger partial charge is 0.369 e. The quantitative estimate of drug-likeness (QED) is 0.755. The molecular formula is C11H12N6OS. The van der Waals surface area contributed by atoms with Crippen molar-refractivity contribution in [2.24, 2.45) is 0 Å². The topological polar surface area (TPSA) is 107 Å². The van der Waals surface area contributed by atoms with Crippen LogP contribution < -0.4 is 11.1 Å². The summed E-state index contributed by atoms with van der Waals surface area (Å²) in [6, 6.07) is 0. The van der Waals surface area contributed by atoms with Crippen molar-refractivity contribution in [2.45, 2.75) is 11.6 Å². The number of rotatable bonds is 2. The van der Waals surface area contributed by atoms with E-state index in [1.54, 1.807) is 18.6 Å². The lowest BCUT2D eigenvalue weighted by Crippen LogP contribution is -2.04. The molecule has 0 amide bonds. The molecule has 0 fully saturated rings. The van der Waals surface area contributed by atoms with Gasteiger partial charge >= 0.3 is 0 Å². The highest BCUT2D eigenvalue weighted by atomic mass is 32.2. The van der Waals surface area contributed by atoms with Gasteiger partial charge in [-0.3, -0.25) is 4.21 Å². The van der Waals surface area contributed by atoms with Crippen molar-refractivity contribution in [2.75, 3.05) is 23.9 Å². The van der Waals surface area contributed by atoms with E-state index >= 15 is 0 Å². The van der Waals surface area contributed by atoms with Gasteiger partial charge in [0.1, 0.15) is 5.82 Å².